The van der Waals surface area contributed by atoms with Gasteiger partial charge in [-0.2, -0.15) is 15.0 Å². The van der Waals surface area contributed by atoms with Crippen molar-refractivity contribution in [3.63, 3.8) is 0 Å². The first kappa shape index (κ1) is 58.7. The van der Waals surface area contributed by atoms with Crippen LogP contribution in [0, 0.1) is 12.8 Å². The van der Waals surface area contributed by atoms with Crippen LogP contribution in [0.25, 0.3) is 21.6 Å². The second kappa shape index (κ2) is 29.1. The average Bonchev–Trinajstić information content (AvgIpc) is 4.03. The summed E-state index contributed by atoms with van der Waals surface area (Å²) in [5.74, 6) is 2.83. The molecule has 6 heterocycles. The van der Waals surface area contributed by atoms with Crippen LogP contribution in [0.15, 0.2) is 56.4 Å². The molecule has 4 aromatic rings. The predicted octanol–water partition coefficient (Wildman–Crippen LogP) is 5.54. The SMILES string of the molecule is Cc1cn([C@H]2C[C@H](N=[N+]=[N-])[C@@H](COC(=O)OCCSSCCOC(=O)OC[C@@H]3OC(n4ccc(NC(=O)OCCSSCCOC(=O)OC[C@@H]5C=C[C@H](n6cnc7c(NC8CC8)nc(N)nc76)C5)nc4=O)CS3)O2)c(=O)[nH]c1=O. The molecular formula is C44H54N14O16S5. The van der Waals surface area contributed by atoms with Crippen LogP contribution < -0.4 is 33.3 Å². The van der Waals surface area contributed by atoms with Gasteiger partial charge in [-0.1, -0.05) is 60.4 Å². The van der Waals surface area contributed by atoms with E-state index in [1.165, 1.54) is 89.5 Å². The number of allylic oxidation sites excluding steroid dienone is 1. The molecule has 0 bridgehead atoms. The quantitative estimate of drug-likeness (QED) is 0.00831. The van der Waals surface area contributed by atoms with E-state index < -0.39 is 71.5 Å². The number of carbonyl (C=O) groups excluding carboxylic acids is 4. The molecule has 0 aromatic carbocycles. The highest BCUT2D eigenvalue weighted by molar-refractivity contribution is 8.77. The molecule has 1 unspecified atom stereocenters. The number of aromatic nitrogens is 8. The molecule has 4 aromatic heterocycles. The number of nitrogens with two attached hydrogens (primary N) is 1. The number of fused-ring (bicyclic) bond motifs is 1. The number of thioether (sulfide) groups is 1. The van der Waals surface area contributed by atoms with Crippen LogP contribution in [0.1, 0.15) is 49.7 Å². The van der Waals surface area contributed by atoms with Crippen molar-refractivity contribution in [3.8, 4) is 0 Å². The van der Waals surface area contributed by atoms with E-state index in [-0.39, 0.29) is 82.0 Å². The van der Waals surface area contributed by atoms with Crippen LogP contribution in [-0.4, -0.2) is 162 Å². The Morgan fingerprint density at radius 3 is 2.18 bits per heavy atom. The Balaban J connectivity index is 0.600. The normalized spacial score (nSPS) is 21.3. The molecule has 30 nitrogen and oxygen atoms in total. The van der Waals surface area contributed by atoms with Crippen molar-refractivity contribution in [2.45, 2.75) is 74.7 Å². The minimum Gasteiger partial charge on any atom is -0.448 e. The first-order valence-electron chi connectivity index (χ1n) is 24.4. The highest BCUT2D eigenvalue weighted by Crippen LogP contribution is 2.35. The zero-order valence-corrected chi connectivity index (χ0v) is 46.1. The van der Waals surface area contributed by atoms with Gasteiger partial charge in [0.15, 0.2) is 17.0 Å². The highest BCUT2D eigenvalue weighted by atomic mass is 33.1. The zero-order valence-electron chi connectivity index (χ0n) is 42.0. The van der Waals surface area contributed by atoms with Gasteiger partial charge in [0.2, 0.25) is 5.95 Å². The summed E-state index contributed by atoms with van der Waals surface area (Å²) in [5, 5.41) is 9.47. The van der Waals surface area contributed by atoms with Gasteiger partial charge in [-0.05, 0) is 37.8 Å². The van der Waals surface area contributed by atoms with E-state index in [1.54, 1.807) is 6.33 Å². The van der Waals surface area contributed by atoms with Crippen molar-refractivity contribution in [2.24, 2.45) is 11.0 Å². The van der Waals surface area contributed by atoms with Gasteiger partial charge in [0, 0.05) is 70.0 Å². The fraction of sp³-hybridized carbons (Fsp3) is 0.568. The summed E-state index contributed by atoms with van der Waals surface area (Å²) in [4.78, 5) is 108. The molecule has 7 atom stereocenters. The van der Waals surface area contributed by atoms with E-state index in [9.17, 15) is 33.6 Å². The Morgan fingerprint density at radius 2 is 1.51 bits per heavy atom. The Bertz CT molecular complexity index is 3050. The summed E-state index contributed by atoms with van der Waals surface area (Å²) in [7, 11) is 5.56. The molecule has 8 rings (SSSR count). The number of amides is 1. The van der Waals surface area contributed by atoms with Gasteiger partial charge < -0.3 is 58.2 Å². The van der Waals surface area contributed by atoms with Crippen molar-refractivity contribution in [1.82, 2.24) is 38.6 Å². The fourth-order valence-corrected chi connectivity index (χ4v) is 12.1. The number of nitrogens with one attached hydrogen (secondary N) is 3. The molecule has 35 heteroatoms. The minimum absolute atomic E-state index is 0.00435. The maximum Gasteiger partial charge on any atom is 0.508 e. The van der Waals surface area contributed by atoms with Crippen molar-refractivity contribution in [3.05, 3.63) is 84.3 Å². The first-order valence-corrected chi connectivity index (χ1v) is 30.5. The number of aryl methyl sites for hydroxylation is 1. The zero-order chi connectivity index (χ0) is 55.7. The minimum atomic E-state index is -0.975. The lowest BCUT2D eigenvalue weighted by Crippen LogP contribution is -2.33. The molecule has 4 aliphatic rings. The molecule has 5 N–H and O–H groups in total. The molecule has 0 spiro atoms. The molecule has 426 valence electrons. The topological polar surface area (TPSA) is 384 Å². The summed E-state index contributed by atoms with van der Waals surface area (Å²) < 4.78 is 52.3. The van der Waals surface area contributed by atoms with Crippen molar-refractivity contribution < 1.29 is 61.8 Å². The number of ether oxygens (including phenoxy) is 9. The number of imidazole rings is 1. The van der Waals surface area contributed by atoms with Crippen molar-refractivity contribution in [1.29, 1.82) is 0 Å². The number of hydrogen-bond donors (Lipinski definition) is 4. The van der Waals surface area contributed by atoms with E-state index in [1.807, 2.05) is 16.7 Å². The molecule has 3 fully saturated rings. The first-order chi connectivity index (χ1) is 38.3. The second-order valence-corrected chi connectivity index (χ2v) is 24.0. The number of azide groups is 1. The van der Waals surface area contributed by atoms with Crippen LogP contribution in [0.3, 0.4) is 0 Å². The molecule has 2 aliphatic carbocycles. The standard InChI is InChI=1S/C44H54N14O16S5/c1-24-18-57(40(61)53-37(24)59)31-17-28(54-55-46)29(73-31)20-71-43(64)68-10-14-78-79-15-11-69-44(65)72-21-33-74-32(22-75-33)56-7-6-30(49-39(56)60)50-41(62)66-8-12-76-77-13-9-67-42(63)70-19-25-2-5-27(16-25)58-23-47-34-35(48-26-3-4-26)51-38(45)52-36(34)58/h2,5-7,18,23,25-29,31-33H,3-4,8-17,19-22H2,1H3,(H,53,59,61)(H3,45,48,51,52)(H,49,50,60,62)/t25-,27+,28+,29-,31-,32?,33-/m1/s1. The summed E-state index contributed by atoms with van der Waals surface area (Å²) in [6, 6.07) is 1.02. The van der Waals surface area contributed by atoms with Crippen LogP contribution in [-0.2, 0) is 42.6 Å². The lowest BCUT2D eigenvalue weighted by Gasteiger charge is -2.16. The second-order valence-electron chi connectivity index (χ2n) is 17.4. The van der Waals surface area contributed by atoms with E-state index in [0.29, 0.717) is 58.2 Å². The maximum atomic E-state index is 12.8. The van der Waals surface area contributed by atoms with Crippen molar-refractivity contribution in [2.75, 3.05) is 91.4 Å². The molecular weight excluding hydrogens is 1140 g/mol. The lowest BCUT2D eigenvalue weighted by atomic mass is 10.1. The Kier molecular flexibility index (Phi) is 21.6. The molecule has 79 heavy (non-hydrogen) atoms. The van der Waals surface area contributed by atoms with Crippen LogP contribution in [0.4, 0.5) is 36.8 Å². The van der Waals surface area contributed by atoms with Gasteiger partial charge in [0.1, 0.15) is 76.1 Å². The third-order valence-corrected chi connectivity index (χ3v) is 17.4. The van der Waals surface area contributed by atoms with Gasteiger partial charge in [-0.15, -0.1) is 11.8 Å². The number of hydrogen-bond acceptors (Lipinski definition) is 28. The van der Waals surface area contributed by atoms with Gasteiger partial charge in [0.05, 0.1) is 18.4 Å². The van der Waals surface area contributed by atoms with E-state index in [4.69, 9.17) is 53.9 Å². The lowest BCUT2D eigenvalue weighted by molar-refractivity contribution is -0.0415. The fourth-order valence-electron chi connectivity index (χ4n) is 7.79. The van der Waals surface area contributed by atoms with Gasteiger partial charge >= 0.3 is 35.9 Å². The molecule has 2 aliphatic heterocycles. The highest BCUT2D eigenvalue weighted by Gasteiger charge is 2.38. The third kappa shape index (κ3) is 17.5. The number of carbonyl (C=O) groups is 4. The number of nitrogen functional groups attached to an aromatic ring is 1. The number of anilines is 3. The van der Waals surface area contributed by atoms with E-state index >= 15 is 0 Å². The largest absolute Gasteiger partial charge is 0.508 e. The monoisotopic (exact) mass is 1190 g/mol. The molecule has 2 saturated heterocycles. The number of H-pyrrole nitrogens is 1. The van der Waals surface area contributed by atoms with Crippen LogP contribution in [0.5, 0.6) is 0 Å². The van der Waals surface area contributed by atoms with Crippen LogP contribution in [0.2, 0.25) is 0 Å². The summed E-state index contributed by atoms with van der Waals surface area (Å²) >= 11 is 1.32. The van der Waals surface area contributed by atoms with Crippen LogP contribution >= 0.6 is 54.9 Å². The summed E-state index contributed by atoms with van der Waals surface area (Å²) in [6.07, 6.45) is 5.60. The van der Waals surface area contributed by atoms with Gasteiger partial charge in [0.25, 0.3) is 5.56 Å². The predicted molar refractivity (Wildman–Crippen MR) is 292 cm³/mol. The number of nitrogens with zero attached hydrogens (tertiary/aromatic N) is 10. The van der Waals surface area contributed by atoms with Crippen molar-refractivity contribution >= 4 is 108 Å². The molecule has 1 amide bonds. The smallest absolute Gasteiger partial charge is 0.448 e. The maximum absolute atomic E-state index is 12.8. The number of aromatic amines is 1. The average molecular weight is 1200 g/mol. The van der Waals surface area contributed by atoms with Gasteiger partial charge in [-0.25, -0.2) is 33.8 Å². The Labute approximate surface area is 467 Å². The van der Waals surface area contributed by atoms with Gasteiger partial charge in [-0.3, -0.25) is 24.2 Å². The summed E-state index contributed by atoms with van der Waals surface area (Å²) in [6.45, 7) is 1.47. The van der Waals surface area contributed by atoms with E-state index in [2.05, 4.69) is 45.6 Å². The molecule has 0 radical (unpaired) electrons. The third-order valence-electron chi connectivity index (χ3n) is 11.7. The Morgan fingerprint density at radius 1 is 0.835 bits per heavy atom. The number of rotatable bonds is 27. The summed E-state index contributed by atoms with van der Waals surface area (Å²) in [5.41, 5.74) is 14.0. The molecule has 1 saturated carbocycles. The van der Waals surface area contributed by atoms with E-state index in [0.717, 1.165) is 12.8 Å². The Hall–Kier alpha value is -6.49.